The molecule has 0 amide bonds. The van der Waals surface area contributed by atoms with E-state index >= 15 is 0 Å². The van der Waals surface area contributed by atoms with Gasteiger partial charge in [0.1, 0.15) is 0 Å². The summed E-state index contributed by atoms with van der Waals surface area (Å²) in [4.78, 5) is 10.4. The van der Waals surface area contributed by atoms with E-state index in [-0.39, 0.29) is 5.41 Å². The standard InChI is InChI=1S/C8H15NO3/c1-7(2)3-8(9,4-7)5(10)6(11)12/h5,10H,3-4,9H2,1-2H3,(H,11,12). The van der Waals surface area contributed by atoms with Crippen LogP contribution in [0.25, 0.3) is 0 Å². The zero-order valence-corrected chi connectivity index (χ0v) is 7.37. The maximum absolute atomic E-state index is 10.4. The van der Waals surface area contributed by atoms with Crippen molar-refractivity contribution in [2.24, 2.45) is 11.1 Å². The fourth-order valence-corrected chi connectivity index (χ4v) is 2.17. The van der Waals surface area contributed by atoms with Gasteiger partial charge in [-0.2, -0.15) is 0 Å². The third-order valence-corrected chi connectivity index (χ3v) is 2.39. The van der Waals surface area contributed by atoms with Crippen LogP contribution in [-0.4, -0.2) is 27.8 Å². The van der Waals surface area contributed by atoms with Crippen LogP contribution < -0.4 is 5.73 Å². The molecule has 70 valence electrons. The smallest absolute Gasteiger partial charge is 0.334 e. The van der Waals surface area contributed by atoms with Crippen molar-refractivity contribution < 1.29 is 15.0 Å². The van der Waals surface area contributed by atoms with Gasteiger partial charge >= 0.3 is 5.97 Å². The number of aliphatic carboxylic acids is 1. The summed E-state index contributed by atoms with van der Waals surface area (Å²) in [6, 6.07) is 0. The zero-order valence-electron chi connectivity index (χ0n) is 7.37. The SMILES string of the molecule is CC1(C)CC(N)(C(O)C(=O)O)C1. The summed E-state index contributed by atoms with van der Waals surface area (Å²) in [5.74, 6) is -1.23. The van der Waals surface area contributed by atoms with E-state index in [1.807, 2.05) is 13.8 Å². The quantitative estimate of drug-likeness (QED) is 0.546. The van der Waals surface area contributed by atoms with E-state index in [2.05, 4.69) is 0 Å². The number of carbonyl (C=O) groups is 1. The van der Waals surface area contributed by atoms with E-state index in [1.54, 1.807) is 0 Å². The van der Waals surface area contributed by atoms with Crippen molar-refractivity contribution in [1.82, 2.24) is 0 Å². The maximum atomic E-state index is 10.4. The fourth-order valence-electron chi connectivity index (χ4n) is 2.17. The number of aliphatic hydroxyl groups excluding tert-OH is 1. The van der Waals surface area contributed by atoms with Crippen molar-refractivity contribution in [3.8, 4) is 0 Å². The molecular formula is C8H15NO3. The minimum atomic E-state index is -1.43. The van der Waals surface area contributed by atoms with Gasteiger partial charge in [0.15, 0.2) is 6.10 Å². The number of hydrogen-bond donors (Lipinski definition) is 3. The van der Waals surface area contributed by atoms with Crippen molar-refractivity contribution in [1.29, 1.82) is 0 Å². The summed E-state index contributed by atoms with van der Waals surface area (Å²) in [6.07, 6.45) is -0.300. The highest BCUT2D eigenvalue weighted by Gasteiger charge is 2.53. The lowest BCUT2D eigenvalue weighted by Crippen LogP contribution is -2.65. The van der Waals surface area contributed by atoms with Gasteiger partial charge < -0.3 is 15.9 Å². The summed E-state index contributed by atoms with van der Waals surface area (Å²) in [7, 11) is 0. The van der Waals surface area contributed by atoms with Crippen molar-refractivity contribution in [2.75, 3.05) is 0 Å². The van der Waals surface area contributed by atoms with E-state index in [0.717, 1.165) is 0 Å². The van der Waals surface area contributed by atoms with Gasteiger partial charge in [-0.15, -0.1) is 0 Å². The van der Waals surface area contributed by atoms with Crippen LogP contribution in [0.15, 0.2) is 0 Å². The van der Waals surface area contributed by atoms with Gasteiger partial charge in [0.25, 0.3) is 0 Å². The predicted octanol–water partition coefficient (Wildman–Crippen LogP) is -0.0506. The second-order valence-corrected chi connectivity index (χ2v) is 4.49. The monoisotopic (exact) mass is 173 g/mol. The summed E-state index contributed by atoms with van der Waals surface area (Å²) in [5.41, 5.74) is 4.86. The van der Waals surface area contributed by atoms with Gasteiger partial charge in [0.2, 0.25) is 0 Å². The minimum Gasteiger partial charge on any atom is -0.479 e. The molecule has 1 aliphatic carbocycles. The number of carboxylic acid groups (broad SMARTS) is 1. The van der Waals surface area contributed by atoms with Gasteiger partial charge in [-0.3, -0.25) is 0 Å². The van der Waals surface area contributed by atoms with Crippen LogP contribution in [0.3, 0.4) is 0 Å². The highest BCUT2D eigenvalue weighted by Crippen LogP contribution is 2.47. The molecule has 0 aromatic carbocycles. The first-order valence-corrected chi connectivity index (χ1v) is 3.97. The first kappa shape index (κ1) is 9.48. The molecule has 0 spiro atoms. The molecule has 1 aliphatic rings. The van der Waals surface area contributed by atoms with Crippen LogP contribution in [0.2, 0.25) is 0 Å². The average Bonchev–Trinajstić information content (AvgIpc) is 1.81. The molecule has 0 saturated heterocycles. The van der Waals surface area contributed by atoms with Crippen LogP contribution in [0.4, 0.5) is 0 Å². The third kappa shape index (κ3) is 1.44. The minimum absolute atomic E-state index is 0.0746. The van der Waals surface area contributed by atoms with Crippen LogP contribution in [0.5, 0.6) is 0 Å². The molecule has 1 unspecified atom stereocenters. The molecule has 12 heavy (non-hydrogen) atoms. The van der Waals surface area contributed by atoms with Gasteiger partial charge in [-0.25, -0.2) is 4.79 Å². The van der Waals surface area contributed by atoms with Crippen molar-refractivity contribution in [2.45, 2.75) is 38.3 Å². The Bertz CT molecular complexity index is 204. The van der Waals surface area contributed by atoms with E-state index < -0.39 is 17.6 Å². The average molecular weight is 173 g/mol. The van der Waals surface area contributed by atoms with Crippen LogP contribution in [0.1, 0.15) is 26.7 Å². The Kier molecular flexibility index (Phi) is 1.92. The molecule has 4 nitrogen and oxygen atoms in total. The summed E-state index contributed by atoms with van der Waals surface area (Å²) < 4.78 is 0. The molecule has 0 bridgehead atoms. The second-order valence-electron chi connectivity index (χ2n) is 4.49. The van der Waals surface area contributed by atoms with Crippen LogP contribution in [0, 0.1) is 5.41 Å². The number of carboxylic acids is 1. The Balaban J connectivity index is 2.60. The second kappa shape index (κ2) is 2.44. The first-order valence-electron chi connectivity index (χ1n) is 3.97. The van der Waals surface area contributed by atoms with E-state index in [1.165, 1.54) is 0 Å². The largest absolute Gasteiger partial charge is 0.479 e. The summed E-state index contributed by atoms with van der Waals surface area (Å²) >= 11 is 0. The van der Waals surface area contributed by atoms with E-state index in [9.17, 15) is 9.90 Å². The van der Waals surface area contributed by atoms with Crippen molar-refractivity contribution in [3.63, 3.8) is 0 Å². The van der Waals surface area contributed by atoms with Gasteiger partial charge in [-0.1, -0.05) is 13.8 Å². The number of nitrogens with two attached hydrogens (primary N) is 1. The maximum Gasteiger partial charge on any atom is 0.334 e. The topological polar surface area (TPSA) is 83.5 Å². The molecule has 0 radical (unpaired) electrons. The Labute approximate surface area is 71.4 Å². The summed E-state index contributed by atoms with van der Waals surface area (Å²) in [6.45, 7) is 4.01. The van der Waals surface area contributed by atoms with Crippen LogP contribution in [-0.2, 0) is 4.79 Å². The fraction of sp³-hybridized carbons (Fsp3) is 0.875. The Morgan fingerprint density at radius 1 is 1.50 bits per heavy atom. The Morgan fingerprint density at radius 3 is 2.17 bits per heavy atom. The van der Waals surface area contributed by atoms with Gasteiger partial charge in [0.05, 0.1) is 5.54 Å². The van der Waals surface area contributed by atoms with E-state index in [0.29, 0.717) is 12.8 Å². The first-order chi connectivity index (χ1) is 5.27. The lowest BCUT2D eigenvalue weighted by atomic mass is 9.58. The highest BCUT2D eigenvalue weighted by molar-refractivity contribution is 5.74. The van der Waals surface area contributed by atoms with Gasteiger partial charge in [-0.05, 0) is 18.3 Å². The van der Waals surface area contributed by atoms with Crippen molar-refractivity contribution in [3.05, 3.63) is 0 Å². The molecule has 1 saturated carbocycles. The normalized spacial score (nSPS) is 27.3. The van der Waals surface area contributed by atoms with Crippen molar-refractivity contribution >= 4 is 5.97 Å². The summed E-state index contributed by atoms with van der Waals surface area (Å²) in [5, 5.41) is 17.7. The molecule has 0 aliphatic heterocycles. The molecular weight excluding hydrogens is 158 g/mol. The van der Waals surface area contributed by atoms with Crippen LogP contribution >= 0.6 is 0 Å². The zero-order chi connectivity index (χ0) is 9.57. The van der Waals surface area contributed by atoms with E-state index in [4.69, 9.17) is 10.8 Å². The third-order valence-electron chi connectivity index (χ3n) is 2.39. The Hall–Kier alpha value is -0.610. The Morgan fingerprint density at radius 2 is 1.92 bits per heavy atom. The molecule has 1 fully saturated rings. The number of hydrogen-bond acceptors (Lipinski definition) is 3. The lowest BCUT2D eigenvalue weighted by Gasteiger charge is -2.52. The lowest BCUT2D eigenvalue weighted by molar-refractivity contribution is -0.156. The molecule has 0 aromatic rings. The molecule has 4 heteroatoms. The van der Waals surface area contributed by atoms with Gasteiger partial charge in [0, 0.05) is 0 Å². The highest BCUT2D eigenvalue weighted by atomic mass is 16.4. The molecule has 4 N–H and O–H groups in total. The molecule has 1 atom stereocenters. The molecule has 1 rings (SSSR count). The number of rotatable bonds is 2. The predicted molar refractivity (Wildman–Crippen MR) is 43.6 cm³/mol. The molecule has 0 aromatic heterocycles. The molecule has 0 heterocycles. The number of aliphatic hydroxyl groups is 1.